The third-order valence-corrected chi connectivity index (χ3v) is 2.83. The Hall–Kier alpha value is -2.75. The minimum absolute atomic E-state index is 0.102. The van der Waals surface area contributed by atoms with E-state index in [0.717, 1.165) is 0 Å². The molecule has 0 radical (unpaired) electrons. The zero-order valence-corrected chi connectivity index (χ0v) is 11.8. The fourth-order valence-electron chi connectivity index (χ4n) is 1.75. The van der Waals surface area contributed by atoms with E-state index in [1.54, 1.807) is 0 Å². The van der Waals surface area contributed by atoms with Gasteiger partial charge in [0.15, 0.2) is 0 Å². The maximum absolute atomic E-state index is 12.1. The van der Waals surface area contributed by atoms with E-state index in [2.05, 4.69) is 5.32 Å². The van der Waals surface area contributed by atoms with Gasteiger partial charge in [-0.3, -0.25) is 0 Å². The molecule has 0 unspecified atom stereocenters. The number of benzene rings is 1. The predicted molar refractivity (Wildman–Crippen MR) is 76.2 cm³/mol. The number of nitriles is 1. The number of nitrogens with zero attached hydrogens (tertiary/aromatic N) is 2. The molecule has 112 valence electrons. The van der Waals surface area contributed by atoms with Crippen LogP contribution in [0.15, 0.2) is 18.2 Å². The van der Waals surface area contributed by atoms with Crippen LogP contribution in [-0.4, -0.2) is 39.7 Å². The maximum atomic E-state index is 12.1. The second kappa shape index (κ2) is 7.14. The van der Waals surface area contributed by atoms with Gasteiger partial charge in [-0.15, -0.1) is 0 Å². The van der Waals surface area contributed by atoms with Crippen LogP contribution in [0.25, 0.3) is 0 Å². The lowest BCUT2D eigenvalue weighted by Gasteiger charge is -2.26. The molecule has 0 saturated carbocycles. The molecule has 3 N–H and O–H groups in total. The molecule has 2 amide bonds. The van der Waals surface area contributed by atoms with Gasteiger partial charge in [-0.05, 0) is 32.0 Å². The van der Waals surface area contributed by atoms with Gasteiger partial charge in [-0.25, -0.2) is 9.59 Å². The Kier molecular flexibility index (Phi) is 5.55. The quantitative estimate of drug-likeness (QED) is 0.720. The average molecular weight is 291 g/mol. The summed E-state index contributed by atoms with van der Waals surface area (Å²) in [5.41, 5.74) is -0.0290. The molecule has 0 saturated heterocycles. The summed E-state index contributed by atoms with van der Waals surface area (Å²) < 4.78 is 0. The molecule has 0 atom stereocenters. The normalized spacial score (nSPS) is 10.0. The van der Waals surface area contributed by atoms with Gasteiger partial charge in [0.1, 0.15) is 11.3 Å². The van der Waals surface area contributed by atoms with Crippen molar-refractivity contribution in [2.24, 2.45) is 0 Å². The van der Waals surface area contributed by atoms with E-state index in [1.807, 2.05) is 19.9 Å². The molecular formula is C14H17N3O4. The first-order chi connectivity index (χ1) is 9.86. The summed E-state index contributed by atoms with van der Waals surface area (Å²) in [5.74, 6) is -1.65. The van der Waals surface area contributed by atoms with Crippen molar-refractivity contribution in [2.75, 3.05) is 11.9 Å². The van der Waals surface area contributed by atoms with Crippen LogP contribution >= 0.6 is 0 Å². The van der Waals surface area contributed by atoms with Crippen molar-refractivity contribution in [1.82, 2.24) is 4.90 Å². The van der Waals surface area contributed by atoms with Crippen LogP contribution in [0.1, 0.15) is 30.6 Å². The van der Waals surface area contributed by atoms with Gasteiger partial charge in [-0.2, -0.15) is 5.26 Å². The highest BCUT2D eigenvalue weighted by Crippen LogP contribution is 2.21. The summed E-state index contributed by atoms with van der Waals surface area (Å²) in [4.78, 5) is 24.5. The molecule has 0 heterocycles. The lowest BCUT2D eigenvalue weighted by molar-refractivity contribution is 0.0693. The number of urea groups is 1. The van der Waals surface area contributed by atoms with Crippen molar-refractivity contribution in [3.05, 3.63) is 23.8 Å². The van der Waals surface area contributed by atoms with E-state index in [0.29, 0.717) is 0 Å². The third kappa shape index (κ3) is 4.38. The third-order valence-electron chi connectivity index (χ3n) is 2.83. The molecular weight excluding hydrogens is 274 g/mol. The van der Waals surface area contributed by atoms with Gasteiger partial charge in [-0.1, -0.05) is 0 Å². The molecule has 0 aliphatic rings. The first-order valence-electron chi connectivity index (χ1n) is 6.37. The molecule has 1 aromatic rings. The number of rotatable bonds is 5. The topological polar surface area (TPSA) is 114 Å². The number of carboxylic acids is 1. The highest BCUT2D eigenvalue weighted by molar-refractivity contribution is 5.95. The second-order valence-corrected chi connectivity index (χ2v) is 4.66. The lowest BCUT2D eigenvalue weighted by Crippen LogP contribution is -2.40. The molecule has 1 aromatic carbocycles. The van der Waals surface area contributed by atoms with E-state index >= 15 is 0 Å². The number of hydrogen-bond donors (Lipinski definition) is 3. The molecule has 7 nitrogen and oxygen atoms in total. The van der Waals surface area contributed by atoms with Crippen molar-refractivity contribution >= 4 is 17.7 Å². The van der Waals surface area contributed by atoms with Gasteiger partial charge in [0.25, 0.3) is 0 Å². The first-order valence-corrected chi connectivity index (χ1v) is 6.37. The van der Waals surface area contributed by atoms with E-state index < -0.39 is 12.0 Å². The zero-order valence-electron chi connectivity index (χ0n) is 11.8. The molecule has 1 rings (SSSR count). The minimum Gasteiger partial charge on any atom is -0.507 e. The molecule has 0 fully saturated rings. The number of nitrogens with one attached hydrogen (secondary N) is 1. The first kappa shape index (κ1) is 16.3. The Morgan fingerprint density at radius 3 is 2.62 bits per heavy atom. The SMILES string of the molecule is CC(C)N(CCC#N)C(=O)Nc1ccc(O)c(C(=O)O)c1. The van der Waals surface area contributed by atoms with Gasteiger partial charge < -0.3 is 20.4 Å². The van der Waals surface area contributed by atoms with Crippen LogP contribution in [0.2, 0.25) is 0 Å². The van der Waals surface area contributed by atoms with Crippen LogP contribution < -0.4 is 5.32 Å². The Morgan fingerprint density at radius 1 is 1.43 bits per heavy atom. The Bertz CT molecular complexity index is 578. The Morgan fingerprint density at radius 2 is 2.10 bits per heavy atom. The smallest absolute Gasteiger partial charge is 0.339 e. The number of phenols is 1. The molecule has 0 spiro atoms. The Balaban J connectivity index is 2.89. The number of aromatic hydroxyl groups is 1. The molecule has 0 aromatic heterocycles. The summed E-state index contributed by atoms with van der Waals surface area (Å²) in [7, 11) is 0. The van der Waals surface area contributed by atoms with Crippen molar-refractivity contribution in [1.29, 1.82) is 5.26 Å². The van der Waals surface area contributed by atoms with Crippen molar-refractivity contribution in [3.8, 4) is 11.8 Å². The van der Waals surface area contributed by atoms with E-state index in [4.69, 9.17) is 10.4 Å². The number of amides is 2. The van der Waals surface area contributed by atoms with Crippen molar-refractivity contribution in [2.45, 2.75) is 26.3 Å². The Labute approximate surface area is 122 Å². The van der Waals surface area contributed by atoms with Crippen molar-refractivity contribution in [3.63, 3.8) is 0 Å². The average Bonchev–Trinajstić information content (AvgIpc) is 2.40. The highest BCUT2D eigenvalue weighted by atomic mass is 16.4. The van der Waals surface area contributed by atoms with Gasteiger partial charge in [0.2, 0.25) is 0 Å². The summed E-state index contributed by atoms with van der Waals surface area (Å²) >= 11 is 0. The number of anilines is 1. The van der Waals surface area contributed by atoms with Crippen LogP contribution in [0.4, 0.5) is 10.5 Å². The number of hydrogen-bond acceptors (Lipinski definition) is 4. The summed E-state index contributed by atoms with van der Waals surface area (Å²) in [6, 6.07) is 5.23. The maximum Gasteiger partial charge on any atom is 0.339 e. The van der Waals surface area contributed by atoms with Gasteiger partial charge in [0.05, 0.1) is 12.5 Å². The predicted octanol–water partition coefficient (Wildman–Crippen LogP) is 2.25. The minimum atomic E-state index is -1.28. The molecule has 0 aliphatic carbocycles. The van der Waals surface area contributed by atoms with Gasteiger partial charge in [0, 0.05) is 18.3 Å². The molecule has 7 heteroatoms. The summed E-state index contributed by atoms with van der Waals surface area (Å²) in [6.07, 6.45) is 0.210. The fourth-order valence-corrected chi connectivity index (χ4v) is 1.75. The van der Waals surface area contributed by atoms with Crippen LogP contribution in [0.5, 0.6) is 5.75 Å². The molecule has 21 heavy (non-hydrogen) atoms. The largest absolute Gasteiger partial charge is 0.507 e. The molecule has 0 bridgehead atoms. The number of carbonyl (C=O) groups is 2. The standard InChI is InChI=1S/C14H17N3O4/c1-9(2)17(7-3-6-15)14(21)16-10-4-5-12(18)11(8-10)13(19)20/h4-5,8-9,18H,3,7H2,1-2H3,(H,16,21)(H,19,20). The number of carboxylic acid groups (broad SMARTS) is 1. The van der Waals surface area contributed by atoms with E-state index in [9.17, 15) is 14.7 Å². The lowest BCUT2D eigenvalue weighted by atomic mass is 10.2. The van der Waals surface area contributed by atoms with E-state index in [-0.39, 0.29) is 36.0 Å². The van der Waals surface area contributed by atoms with Crippen LogP contribution in [0.3, 0.4) is 0 Å². The summed E-state index contributed by atoms with van der Waals surface area (Å²) in [6.45, 7) is 3.91. The monoisotopic (exact) mass is 291 g/mol. The molecule has 0 aliphatic heterocycles. The zero-order chi connectivity index (χ0) is 16.0. The van der Waals surface area contributed by atoms with Gasteiger partial charge >= 0.3 is 12.0 Å². The van der Waals surface area contributed by atoms with Crippen LogP contribution in [-0.2, 0) is 0 Å². The second-order valence-electron chi connectivity index (χ2n) is 4.66. The number of carbonyl (C=O) groups excluding carboxylic acids is 1. The summed E-state index contributed by atoms with van der Waals surface area (Å²) in [5, 5.41) is 29.5. The van der Waals surface area contributed by atoms with E-state index in [1.165, 1.54) is 23.1 Å². The van der Waals surface area contributed by atoms with Crippen molar-refractivity contribution < 1.29 is 19.8 Å². The number of aromatic carboxylic acids is 1. The van der Waals surface area contributed by atoms with Crippen LogP contribution in [0, 0.1) is 11.3 Å². The highest BCUT2D eigenvalue weighted by Gasteiger charge is 2.18. The fraction of sp³-hybridized carbons (Fsp3) is 0.357.